The number of carbonyl (C=O) groups excluding carboxylic acids is 2. The fraction of sp³-hybridized carbons (Fsp3) is 0.481. The number of anilines is 1. The van der Waals surface area contributed by atoms with Crippen LogP contribution in [0.15, 0.2) is 36.4 Å². The lowest BCUT2D eigenvalue weighted by molar-refractivity contribution is -0.140. The molecule has 1 atom stereocenters. The van der Waals surface area contributed by atoms with Crippen molar-refractivity contribution in [3.63, 3.8) is 0 Å². The van der Waals surface area contributed by atoms with Gasteiger partial charge in [-0.05, 0) is 43.5 Å². The van der Waals surface area contributed by atoms with Crippen LogP contribution in [0, 0.1) is 5.92 Å². The highest BCUT2D eigenvalue weighted by atomic mass is 35.5. The van der Waals surface area contributed by atoms with Gasteiger partial charge in [0.1, 0.15) is 25.8 Å². The normalized spacial score (nSPS) is 13.6. The molecule has 3 rings (SSSR count). The van der Waals surface area contributed by atoms with Crippen LogP contribution in [-0.2, 0) is 26.2 Å². The Labute approximate surface area is 240 Å². The Balaban J connectivity index is 2.01. The summed E-state index contributed by atoms with van der Waals surface area (Å²) in [6.07, 6.45) is 0.294. The number of benzene rings is 2. The number of hydrogen-bond donors (Lipinski definition) is 1. The summed E-state index contributed by atoms with van der Waals surface area (Å²) < 4.78 is 38.6. The van der Waals surface area contributed by atoms with E-state index in [0.29, 0.717) is 53.3 Å². The number of nitrogens with one attached hydrogen (secondary N) is 1. The van der Waals surface area contributed by atoms with Gasteiger partial charge < -0.3 is 19.7 Å². The van der Waals surface area contributed by atoms with Crippen molar-refractivity contribution < 1.29 is 27.5 Å². The first kappa shape index (κ1) is 30.8. The van der Waals surface area contributed by atoms with Crippen LogP contribution in [-0.4, -0.2) is 63.2 Å². The van der Waals surface area contributed by atoms with Crippen molar-refractivity contribution in [2.75, 3.05) is 36.4 Å². The third-order valence-corrected chi connectivity index (χ3v) is 8.70. The SMILES string of the molecule is CC[C@H](C(=O)NCC(C)C)N(Cc1c(Cl)cccc1Cl)C(=O)CN(c1ccc2c(c1)OCCO2)S(=O)(=O)CC. The van der Waals surface area contributed by atoms with Crippen molar-refractivity contribution in [1.82, 2.24) is 10.2 Å². The molecule has 1 N–H and O–H groups in total. The van der Waals surface area contributed by atoms with E-state index in [0.717, 1.165) is 4.31 Å². The molecule has 1 aliphatic rings. The minimum Gasteiger partial charge on any atom is -0.486 e. The van der Waals surface area contributed by atoms with Crippen molar-refractivity contribution >= 4 is 50.7 Å². The second kappa shape index (κ2) is 13.6. The molecule has 12 heteroatoms. The second-order valence-electron chi connectivity index (χ2n) is 9.52. The fourth-order valence-corrected chi connectivity index (χ4v) is 5.67. The van der Waals surface area contributed by atoms with Crippen LogP contribution in [0.1, 0.15) is 39.7 Å². The van der Waals surface area contributed by atoms with Crippen LogP contribution in [0.4, 0.5) is 5.69 Å². The van der Waals surface area contributed by atoms with Gasteiger partial charge in [-0.15, -0.1) is 0 Å². The molecule has 1 heterocycles. The number of fused-ring (bicyclic) bond motifs is 1. The Hall–Kier alpha value is -2.69. The van der Waals surface area contributed by atoms with Crippen LogP contribution >= 0.6 is 23.2 Å². The van der Waals surface area contributed by atoms with E-state index in [2.05, 4.69) is 5.32 Å². The summed E-state index contributed by atoms with van der Waals surface area (Å²) >= 11 is 12.8. The first-order valence-electron chi connectivity index (χ1n) is 12.9. The number of carbonyl (C=O) groups is 2. The summed E-state index contributed by atoms with van der Waals surface area (Å²) in [5, 5.41) is 3.55. The van der Waals surface area contributed by atoms with Crippen molar-refractivity contribution in [3.05, 3.63) is 52.0 Å². The molecule has 2 aromatic carbocycles. The quantitative estimate of drug-likeness (QED) is 0.385. The summed E-state index contributed by atoms with van der Waals surface area (Å²) in [5.41, 5.74) is 0.719. The zero-order chi connectivity index (χ0) is 28.7. The molecule has 0 fully saturated rings. The van der Waals surface area contributed by atoms with Gasteiger partial charge in [0.2, 0.25) is 21.8 Å². The van der Waals surface area contributed by atoms with Gasteiger partial charge in [-0.2, -0.15) is 0 Å². The molecule has 0 saturated heterocycles. The number of nitrogens with zero attached hydrogens (tertiary/aromatic N) is 2. The molecule has 214 valence electrons. The Bertz CT molecular complexity index is 1270. The zero-order valence-corrected chi connectivity index (χ0v) is 24.9. The summed E-state index contributed by atoms with van der Waals surface area (Å²) in [4.78, 5) is 28.5. The third-order valence-electron chi connectivity index (χ3n) is 6.25. The molecule has 1 aliphatic heterocycles. The number of ether oxygens (including phenoxy) is 2. The molecular weight excluding hydrogens is 565 g/mol. The largest absolute Gasteiger partial charge is 0.486 e. The van der Waals surface area contributed by atoms with Gasteiger partial charge in [-0.25, -0.2) is 8.42 Å². The average molecular weight is 601 g/mol. The predicted octanol–water partition coefficient (Wildman–Crippen LogP) is 4.50. The number of rotatable bonds is 12. The maximum atomic E-state index is 13.9. The smallest absolute Gasteiger partial charge is 0.244 e. The first-order valence-corrected chi connectivity index (χ1v) is 15.2. The first-order chi connectivity index (χ1) is 18.5. The van der Waals surface area contributed by atoms with Crippen LogP contribution < -0.4 is 19.1 Å². The van der Waals surface area contributed by atoms with E-state index in [1.54, 1.807) is 37.3 Å². The molecule has 0 aromatic heterocycles. The van der Waals surface area contributed by atoms with Crippen molar-refractivity contribution in [1.29, 1.82) is 0 Å². The van der Waals surface area contributed by atoms with Crippen molar-refractivity contribution in [2.45, 2.75) is 46.7 Å². The lowest BCUT2D eigenvalue weighted by atomic mass is 10.1. The molecule has 2 amide bonds. The molecule has 0 bridgehead atoms. The Morgan fingerprint density at radius 2 is 1.67 bits per heavy atom. The van der Waals surface area contributed by atoms with E-state index in [1.165, 1.54) is 17.9 Å². The topological polar surface area (TPSA) is 105 Å². The van der Waals surface area contributed by atoms with E-state index in [1.807, 2.05) is 13.8 Å². The number of halogens is 2. The monoisotopic (exact) mass is 599 g/mol. The number of sulfonamides is 1. The summed E-state index contributed by atoms with van der Waals surface area (Å²) in [6, 6.07) is 8.82. The Morgan fingerprint density at radius 3 is 2.26 bits per heavy atom. The van der Waals surface area contributed by atoms with Gasteiger partial charge in [0.05, 0.1) is 11.4 Å². The van der Waals surface area contributed by atoms with Crippen LogP contribution in [0.5, 0.6) is 11.5 Å². The van der Waals surface area contributed by atoms with Gasteiger partial charge in [0, 0.05) is 34.8 Å². The Morgan fingerprint density at radius 1 is 1.03 bits per heavy atom. The summed E-state index contributed by atoms with van der Waals surface area (Å²) in [6.45, 7) is 7.75. The van der Waals surface area contributed by atoms with Crippen molar-refractivity contribution in [3.8, 4) is 11.5 Å². The molecule has 0 aliphatic carbocycles. The summed E-state index contributed by atoms with van der Waals surface area (Å²) in [7, 11) is -3.89. The van der Waals surface area contributed by atoms with E-state index in [-0.39, 0.29) is 29.8 Å². The van der Waals surface area contributed by atoms with Crippen molar-refractivity contribution in [2.24, 2.45) is 5.92 Å². The number of hydrogen-bond acceptors (Lipinski definition) is 6. The molecule has 0 radical (unpaired) electrons. The second-order valence-corrected chi connectivity index (χ2v) is 12.5. The van der Waals surface area contributed by atoms with E-state index in [9.17, 15) is 18.0 Å². The van der Waals surface area contributed by atoms with Crippen LogP contribution in [0.25, 0.3) is 0 Å². The van der Waals surface area contributed by atoms with E-state index in [4.69, 9.17) is 32.7 Å². The minimum absolute atomic E-state index is 0.0773. The van der Waals surface area contributed by atoms with Gasteiger partial charge in [-0.1, -0.05) is 50.0 Å². The summed E-state index contributed by atoms with van der Waals surface area (Å²) in [5.74, 6) is -0.0721. The standard InChI is InChI=1S/C27H35Cl2N3O6S/c1-5-23(27(34)30-15-18(3)4)31(16-20-21(28)8-7-9-22(20)29)26(33)17-32(39(35,36)6-2)19-10-11-24-25(14-19)38-13-12-37-24/h7-11,14,18,23H,5-6,12-13,15-17H2,1-4H3,(H,30,34)/t23-/m1/s1. The highest BCUT2D eigenvalue weighted by Crippen LogP contribution is 2.35. The molecule has 0 unspecified atom stereocenters. The Kier molecular flexibility index (Phi) is 10.7. The highest BCUT2D eigenvalue weighted by molar-refractivity contribution is 7.92. The molecule has 0 spiro atoms. The van der Waals surface area contributed by atoms with Crippen LogP contribution in [0.2, 0.25) is 10.0 Å². The van der Waals surface area contributed by atoms with Crippen LogP contribution in [0.3, 0.4) is 0 Å². The fourth-order valence-electron chi connectivity index (χ4n) is 4.10. The van der Waals surface area contributed by atoms with Gasteiger partial charge in [0.25, 0.3) is 0 Å². The molecule has 39 heavy (non-hydrogen) atoms. The lowest BCUT2D eigenvalue weighted by Crippen LogP contribution is -2.52. The average Bonchev–Trinajstić information content (AvgIpc) is 2.91. The maximum absolute atomic E-state index is 13.9. The minimum atomic E-state index is -3.89. The van der Waals surface area contributed by atoms with E-state index >= 15 is 0 Å². The van der Waals surface area contributed by atoms with E-state index < -0.39 is 28.5 Å². The lowest BCUT2D eigenvalue weighted by Gasteiger charge is -2.33. The molecular formula is C27H35Cl2N3O6S. The molecule has 2 aromatic rings. The zero-order valence-electron chi connectivity index (χ0n) is 22.6. The van der Waals surface area contributed by atoms with Gasteiger partial charge in [0.15, 0.2) is 11.5 Å². The maximum Gasteiger partial charge on any atom is 0.244 e. The van der Waals surface area contributed by atoms with Gasteiger partial charge >= 0.3 is 0 Å². The predicted molar refractivity (Wildman–Crippen MR) is 153 cm³/mol. The third kappa shape index (κ3) is 7.70. The van der Waals surface area contributed by atoms with Gasteiger partial charge in [-0.3, -0.25) is 13.9 Å². The molecule has 9 nitrogen and oxygen atoms in total. The molecule has 0 saturated carbocycles. The number of amides is 2. The highest BCUT2D eigenvalue weighted by Gasteiger charge is 2.33.